The Hall–Kier alpha value is -2.94. The second-order valence-corrected chi connectivity index (χ2v) is 4.78. The first-order valence-electron chi connectivity index (χ1n) is 7.03. The molecule has 0 aliphatic rings. The lowest BCUT2D eigenvalue weighted by Gasteiger charge is -2.19. The molecular formula is C19H15FN2. The zero-order valence-electron chi connectivity index (χ0n) is 11.9. The Morgan fingerprint density at radius 3 is 1.68 bits per heavy atom. The minimum Gasteiger partial charge on any atom is -0.234 e. The summed E-state index contributed by atoms with van der Waals surface area (Å²) in [5.74, 6) is -0.250. The lowest BCUT2D eigenvalue weighted by Crippen LogP contribution is -2.09. The van der Waals surface area contributed by atoms with Gasteiger partial charge >= 0.3 is 0 Å². The summed E-state index contributed by atoms with van der Waals surface area (Å²) >= 11 is 0. The molecule has 3 rings (SSSR count). The van der Waals surface area contributed by atoms with E-state index in [1.54, 1.807) is 18.3 Å². The van der Waals surface area contributed by atoms with E-state index in [1.807, 2.05) is 65.7 Å². The van der Waals surface area contributed by atoms with Crippen molar-refractivity contribution in [1.29, 1.82) is 0 Å². The van der Waals surface area contributed by atoms with E-state index in [9.17, 15) is 4.39 Å². The zero-order valence-corrected chi connectivity index (χ0v) is 11.9. The molecular weight excluding hydrogens is 275 g/mol. The number of rotatable bonds is 4. The van der Waals surface area contributed by atoms with E-state index >= 15 is 0 Å². The van der Waals surface area contributed by atoms with Crippen molar-refractivity contribution < 1.29 is 4.39 Å². The van der Waals surface area contributed by atoms with Crippen molar-refractivity contribution in [2.75, 3.05) is 5.01 Å². The fourth-order valence-electron chi connectivity index (χ4n) is 2.09. The van der Waals surface area contributed by atoms with Gasteiger partial charge in [0.2, 0.25) is 0 Å². The number of halogens is 1. The lowest BCUT2D eigenvalue weighted by molar-refractivity contribution is 0.628. The smallest absolute Gasteiger partial charge is 0.123 e. The van der Waals surface area contributed by atoms with Crippen LogP contribution in [-0.4, -0.2) is 6.21 Å². The van der Waals surface area contributed by atoms with E-state index in [-0.39, 0.29) is 5.82 Å². The molecule has 0 saturated carbocycles. The second kappa shape index (κ2) is 6.68. The van der Waals surface area contributed by atoms with E-state index in [0.717, 1.165) is 16.9 Å². The predicted molar refractivity (Wildman–Crippen MR) is 89.0 cm³/mol. The molecule has 0 N–H and O–H groups in total. The highest BCUT2D eigenvalue weighted by Crippen LogP contribution is 2.25. The maximum absolute atomic E-state index is 13.0. The minimum atomic E-state index is -0.250. The number of nitrogens with zero attached hydrogens (tertiary/aromatic N) is 2. The van der Waals surface area contributed by atoms with Crippen molar-refractivity contribution in [3.05, 3.63) is 96.3 Å². The van der Waals surface area contributed by atoms with Gasteiger partial charge in [0.15, 0.2) is 0 Å². The first-order valence-corrected chi connectivity index (χ1v) is 7.03. The molecule has 0 fully saturated rings. The molecule has 0 saturated heterocycles. The fraction of sp³-hybridized carbons (Fsp3) is 0. The first kappa shape index (κ1) is 14.0. The molecule has 3 aromatic rings. The van der Waals surface area contributed by atoms with Gasteiger partial charge in [-0.3, -0.25) is 0 Å². The molecule has 0 atom stereocenters. The molecule has 0 aromatic heterocycles. The van der Waals surface area contributed by atoms with E-state index in [4.69, 9.17) is 0 Å². The van der Waals surface area contributed by atoms with Crippen LogP contribution >= 0.6 is 0 Å². The topological polar surface area (TPSA) is 15.6 Å². The largest absolute Gasteiger partial charge is 0.234 e. The van der Waals surface area contributed by atoms with Gasteiger partial charge in [-0.1, -0.05) is 48.5 Å². The van der Waals surface area contributed by atoms with Gasteiger partial charge in [0.25, 0.3) is 0 Å². The van der Waals surface area contributed by atoms with Crippen molar-refractivity contribution in [1.82, 2.24) is 0 Å². The SMILES string of the molecule is Fc1ccc(/C=N/N(c2ccccc2)c2ccccc2)cc1. The molecule has 2 nitrogen and oxygen atoms in total. The molecule has 0 aliphatic carbocycles. The molecule has 3 heteroatoms. The normalized spacial score (nSPS) is 10.8. The summed E-state index contributed by atoms with van der Waals surface area (Å²) in [6.07, 6.45) is 1.72. The molecule has 0 bridgehead atoms. The summed E-state index contributed by atoms with van der Waals surface area (Å²) in [4.78, 5) is 0. The Bertz CT molecular complexity index is 698. The number of hydrogen-bond acceptors (Lipinski definition) is 2. The van der Waals surface area contributed by atoms with Gasteiger partial charge in [0.05, 0.1) is 17.6 Å². The Morgan fingerprint density at radius 2 is 1.18 bits per heavy atom. The van der Waals surface area contributed by atoms with Gasteiger partial charge in [-0.25, -0.2) is 9.40 Å². The lowest BCUT2D eigenvalue weighted by atomic mass is 10.2. The molecule has 0 radical (unpaired) electrons. The van der Waals surface area contributed by atoms with Crippen molar-refractivity contribution in [3.8, 4) is 0 Å². The molecule has 3 aromatic carbocycles. The van der Waals surface area contributed by atoms with Crippen molar-refractivity contribution in [2.24, 2.45) is 5.10 Å². The summed E-state index contributed by atoms with van der Waals surface area (Å²) in [5, 5.41) is 6.40. The first-order chi connectivity index (χ1) is 10.8. The number of benzene rings is 3. The van der Waals surface area contributed by atoms with Crippen LogP contribution < -0.4 is 5.01 Å². The standard InChI is InChI=1S/C19H15FN2/c20-17-13-11-16(12-14-17)15-21-22(18-7-3-1-4-8-18)19-9-5-2-6-10-19/h1-15H/b21-15+. The Kier molecular flexibility index (Phi) is 4.25. The summed E-state index contributed by atoms with van der Waals surface area (Å²) in [6, 6.07) is 26.1. The van der Waals surface area contributed by atoms with E-state index < -0.39 is 0 Å². The third kappa shape index (κ3) is 3.38. The van der Waals surface area contributed by atoms with Crippen molar-refractivity contribution in [2.45, 2.75) is 0 Å². The van der Waals surface area contributed by atoms with Crippen molar-refractivity contribution in [3.63, 3.8) is 0 Å². The highest BCUT2D eigenvalue weighted by atomic mass is 19.1. The highest BCUT2D eigenvalue weighted by molar-refractivity contribution is 5.81. The molecule has 22 heavy (non-hydrogen) atoms. The number of hydrazone groups is 1. The minimum absolute atomic E-state index is 0.250. The highest BCUT2D eigenvalue weighted by Gasteiger charge is 2.06. The number of para-hydroxylation sites is 2. The summed E-state index contributed by atoms with van der Waals surface area (Å²) in [5.41, 5.74) is 2.78. The molecule has 0 unspecified atom stereocenters. The number of anilines is 2. The Labute approximate surface area is 129 Å². The summed E-state index contributed by atoms with van der Waals surface area (Å²) < 4.78 is 13.0. The molecule has 108 valence electrons. The van der Waals surface area contributed by atoms with Gasteiger partial charge in [0, 0.05) is 0 Å². The quantitative estimate of drug-likeness (QED) is 0.488. The van der Waals surface area contributed by atoms with Crippen LogP contribution in [0.2, 0.25) is 0 Å². The van der Waals surface area contributed by atoms with Gasteiger partial charge in [-0.15, -0.1) is 0 Å². The van der Waals surface area contributed by atoms with Crippen LogP contribution in [0.4, 0.5) is 15.8 Å². The van der Waals surface area contributed by atoms with Gasteiger partial charge < -0.3 is 0 Å². The van der Waals surface area contributed by atoms with Crippen LogP contribution in [0.25, 0.3) is 0 Å². The van der Waals surface area contributed by atoms with Gasteiger partial charge in [-0.2, -0.15) is 5.10 Å². The second-order valence-electron chi connectivity index (χ2n) is 4.78. The number of hydrogen-bond donors (Lipinski definition) is 0. The van der Waals surface area contributed by atoms with E-state index in [1.165, 1.54) is 12.1 Å². The van der Waals surface area contributed by atoms with E-state index in [2.05, 4.69) is 5.10 Å². The van der Waals surface area contributed by atoms with Crippen LogP contribution in [-0.2, 0) is 0 Å². The Balaban J connectivity index is 1.94. The third-order valence-electron chi connectivity index (χ3n) is 3.19. The predicted octanol–water partition coefficient (Wildman–Crippen LogP) is 5.00. The van der Waals surface area contributed by atoms with Crippen LogP contribution in [0.5, 0.6) is 0 Å². The third-order valence-corrected chi connectivity index (χ3v) is 3.19. The zero-order chi connectivity index (χ0) is 15.2. The van der Waals surface area contributed by atoms with Gasteiger partial charge in [-0.05, 0) is 42.0 Å². The summed E-state index contributed by atoms with van der Waals surface area (Å²) in [7, 11) is 0. The average molecular weight is 290 g/mol. The van der Waals surface area contributed by atoms with Crippen LogP contribution in [0.1, 0.15) is 5.56 Å². The maximum atomic E-state index is 13.0. The monoisotopic (exact) mass is 290 g/mol. The molecule has 0 spiro atoms. The maximum Gasteiger partial charge on any atom is 0.123 e. The molecule has 0 heterocycles. The molecule has 0 aliphatic heterocycles. The molecule has 0 amide bonds. The Morgan fingerprint density at radius 1 is 0.682 bits per heavy atom. The van der Waals surface area contributed by atoms with E-state index in [0.29, 0.717) is 0 Å². The average Bonchev–Trinajstić information content (AvgIpc) is 2.59. The van der Waals surface area contributed by atoms with Crippen LogP contribution in [0.3, 0.4) is 0 Å². The summed E-state index contributed by atoms with van der Waals surface area (Å²) in [6.45, 7) is 0. The van der Waals surface area contributed by atoms with Crippen molar-refractivity contribution >= 4 is 17.6 Å². The van der Waals surface area contributed by atoms with Crippen LogP contribution in [0.15, 0.2) is 90.0 Å². The van der Waals surface area contributed by atoms with Crippen LogP contribution in [0, 0.1) is 5.82 Å². The van der Waals surface area contributed by atoms with Gasteiger partial charge in [0.1, 0.15) is 5.82 Å². The fourth-order valence-corrected chi connectivity index (χ4v) is 2.09.